The fourth-order valence-corrected chi connectivity index (χ4v) is 3.15. The van der Waals surface area contributed by atoms with Crippen molar-refractivity contribution in [1.29, 1.82) is 0 Å². The Morgan fingerprint density at radius 3 is 2.34 bits per heavy atom. The number of alkyl halides is 3. The molecule has 1 N–H and O–H groups in total. The highest BCUT2D eigenvalue weighted by molar-refractivity contribution is 7.14. The van der Waals surface area contributed by atoms with Gasteiger partial charge in [0.05, 0.1) is 19.9 Å². The van der Waals surface area contributed by atoms with Gasteiger partial charge in [0.25, 0.3) is 5.91 Å². The van der Waals surface area contributed by atoms with Gasteiger partial charge in [-0.1, -0.05) is 0 Å². The Labute approximate surface area is 167 Å². The molecule has 3 rings (SSSR count). The van der Waals surface area contributed by atoms with E-state index < -0.39 is 18.0 Å². The van der Waals surface area contributed by atoms with Crippen LogP contribution in [0.3, 0.4) is 0 Å². The quantitative estimate of drug-likeness (QED) is 0.605. The number of carbonyl (C=O) groups excluding carboxylic acids is 1. The van der Waals surface area contributed by atoms with Crippen LogP contribution < -0.4 is 19.5 Å². The van der Waals surface area contributed by atoms with Crippen LogP contribution in [0, 0.1) is 0 Å². The van der Waals surface area contributed by atoms with Gasteiger partial charge in [-0.2, -0.15) is 0 Å². The van der Waals surface area contributed by atoms with E-state index in [1.165, 1.54) is 30.6 Å². The number of nitrogens with one attached hydrogen (secondary N) is 1. The fraction of sp³-hybridized carbons (Fsp3) is 0.158. The first-order valence-corrected chi connectivity index (χ1v) is 9.02. The Bertz CT molecular complexity index is 1000. The second-order valence-electron chi connectivity index (χ2n) is 5.63. The number of aromatic nitrogens is 1. The number of carbonyl (C=O) groups is 1. The van der Waals surface area contributed by atoms with E-state index in [2.05, 4.69) is 15.0 Å². The lowest BCUT2D eigenvalue weighted by molar-refractivity contribution is -0.274. The zero-order valence-electron chi connectivity index (χ0n) is 15.2. The third kappa shape index (κ3) is 5.17. The standard InChI is InChI=1S/C19H15F3N2O4S/c1-26-13-7-8-16(27-2)14(9-13)15-10-29-18(23-15)24-17(25)11-3-5-12(6-4-11)28-19(20,21)22/h3-10H,1-2H3,(H,23,24,25). The van der Waals surface area contributed by atoms with Crippen molar-refractivity contribution in [3.63, 3.8) is 0 Å². The van der Waals surface area contributed by atoms with Crippen molar-refractivity contribution in [1.82, 2.24) is 4.98 Å². The van der Waals surface area contributed by atoms with Crippen molar-refractivity contribution in [2.24, 2.45) is 0 Å². The molecule has 1 aromatic heterocycles. The fourth-order valence-electron chi connectivity index (χ4n) is 2.45. The van der Waals surface area contributed by atoms with Crippen molar-refractivity contribution in [3.8, 4) is 28.5 Å². The maximum atomic E-state index is 12.3. The van der Waals surface area contributed by atoms with E-state index in [9.17, 15) is 18.0 Å². The number of halogens is 3. The zero-order chi connectivity index (χ0) is 21.0. The highest BCUT2D eigenvalue weighted by atomic mass is 32.1. The first-order valence-electron chi connectivity index (χ1n) is 8.14. The molecule has 6 nitrogen and oxygen atoms in total. The summed E-state index contributed by atoms with van der Waals surface area (Å²) in [4.78, 5) is 16.7. The van der Waals surface area contributed by atoms with Crippen LogP contribution in [0.15, 0.2) is 47.8 Å². The Morgan fingerprint density at radius 1 is 1.03 bits per heavy atom. The van der Waals surface area contributed by atoms with Crippen LogP contribution in [-0.4, -0.2) is 31.5 Å². The second kappa shape index (κ2) is 8.39. The number of amides is 1. The van der Waals surface area contributed by atoms with Crippen molar-refractivity contribution in [2.45, 2.75) is 6.36 Å². The van der Waals surface area contributed by atoms with E-state index in [4.69, 9.17) is 9.47 Å². The highest BCUT2D eigenvalue weighted by Gasteiger charge is 2.31. The maximum Gasteiger partial charge on any atom is 0.573 e. The Morgan fingerprint density at radius 2 is 1.72 bits per heavy atom. The highest BCUT2D eigenvalue weighted by Crippen LogP contribution is 2.35. The molecule has 1 amide bonds. The second-order valence-corrected chi connectivity index (χ2v) is 6.49. The molecule has 0 atom stereocenters. The number of nitrogens with zero attached hydrogens (tertiary/aromatic N) is 1. The van der Waals surface area contributed by atoms with E-state index in [1.807, 2.05) is 0 Å². The maximum absolute atomic E-state index is 12.3. The largest absolute Gasteiger partial charge is 0.573 e. The lowest BCUT2D eigenvalue weighted by Crippen LogP contribution is -2.17. The van der Waals surface area contributed by atoms with E-state index in [1.54, 1.807) is 30.7 Å². The van der Waals surface area contributed by atoms with Crippen LogP contribution in [-0.2, 0) is 0 Å². The molecule has 0 aliphatic heterocycles. The summed E-state index contributed by atoms with van der Waals surface area (Å²) in [5.74, 6) is 0.299. The normalized spacial score (nSPS) is 11.1. The number of hydrogen-bond donors (Lipinski definition) is 1. The zero-order valence-corrected chi connectivity index (χ0v) is 16.1. The average Bonchev–Trinajstić information content (AvgIpc) is 3.15. The van der Waals surface area contributed by atoms with Gasteiger partial charge in [0.15, 0.2) is 5.13 Å². The number of benzene rings is 2. The molecule has 0 fully saturated rings. The van der Waals surface area contributed by atoms with Crippen LogP contribution in [0.25, 0.3) is 11.3 Å². The van der Waals surface area contributed by atoms with Crippen LogP contribution in [0.5, 0.6) is 17.2 Å². The van der Waals surface area contributed by atoms with E-state index in [0.29, 0.717) is 27.9 Å². The van der Waals surface area contributed by atoms with Crippen molar-refractivity contribution in [3.05, 3.63) is 53.4 Å². The van der Waals surface area contributed by atoms with Crippen molar-refractivity contribution < 1.29 is 32.2 Å². The molecule has 152 valence electrons. The summed E-state index contributed by atoms with van der Waals surface area (Å²) in [6.45, 7) is 0. The predicted molar refractivity (Wildman–Crippen MR) is 102 cm³/mol. The van der Waals surface area contributed by atoms with Gasteiger partial charge in [0.2, 0.25) is 0 Å². The topological polar surface area (TPSA) is 69.7 Å². The van der Waals surface area contributed by atoms with Gasteiger partial charge in [-0.05, 0) is 42.5 Å². The minimum Gasteiger partial charge on any atom is -0.497 e. The van der Waals surface area contributed by atoms with Gasteiger partial charge in [-0.15, -0.1) is 24.5 Å². The van der Waals surface area contributed by atoms with Crippen LogP contribution in [0.1, 0.15) is 10.4 Å². The van der Waals surface area contributed by atoms with E-state index in [0.717, 1.165) is 12.1 Å². The van der Waals surface area contributed by atoms with Gasteiger partial charge in [0, 0.05) is 16.5 Å². The number of methoxy groups -OCH3 is 2. The van der Waals surface area contributed by atoms with Crippen molar-refractivity contribution in [2.75, 3.05) is 19.5 Å². The van der Waals surface area contributed by atoms with Crippen LogP contribution in [0.2, 0.25) is 0 Å². The molecule has 0 saturated carbocycles. The molecule has 10 heteroatoms. The number of hydrogen-bond acceptors (Lipinski definition) is 6. The van der Waals surface area contributed by atoms with Gasteiger partial charge in [-0.25, -0.2) is 4.98 Å². The van der Waals surface area contributed by atoms with Crippen molar-refractivity contribution >= 4 is 22.4 Å². The molecule has 3 aromatic rings. The molecule has 0 unspecified atom stereocenters. The molecule has 0 saturated heterocycles. The van der Waals surface area contributed by atoms with Crippen LogP contribution in [0.4, 0.5) is 18.3 Å². The molecule has 29 heavy (non-hydrogen) atoms. The summed E-state index contributed by atoms with van der Waals surface area (Å²) in [6.07, 6.45) is -4.79. The smallest absolute Gasteiger partial charge is 0.497 e. The summed E-state index contributed by atoms with van der Waals surface area (Å²) >= 11 is 1.20. The Hall–Kier alpha value is -3.27. The molecule has 0 bridgehead atoms. The average molecular weight is 424 g/mol. The Kier molecular flexibility index (Phi) is 5.92. The molecule has 0 aliphatic carbocycles. The summed E-state index contributed by atoms with van der Waals surface area (Å²) in [7, 11) is 3.08. The van der Waals surface area contributed by atoms with Gasteiger partial charge in [0.1, 0.15) is 17.2 Å². The first-order chi connectivity index (χ1) is 13.8. The molecular weight excluding hydrogens is 409 g/mol. The predicted octanol–water partition coefficient (Wildman–Crippen LogP) is 4.98. The molecule has 0 spiro atoms. The molecule has 2 aromatic carbocycles. The summed E-state index contributed by atoms with van der Waals surface area (Å²) in [5, 5.41) is 4.68. The molecule has 0 radical (unpaired) electrons. The van der Waals surface area contributed by atoms with Gasteiger partial charge in [-0.3, -0.25) is 10.1 Å². The number of thiazole rings is 1. The number of anilines is 1. The Balaban J connectivity index is 1.74. The molecule has 0 aliphatic rings. The molecule has 1 heterocycles. The number of rotatable bonds is 6. The monoisotopic (exact) mass is 424 g/mol. The van der Waals surface area contributed by atoms with Crippen LogP contribution >= 0.6 is 11.3 Å². The third-order valence-corrected chi connectivity index (χ3v) is 4.52. The lowest BCUT2D eigenvalue weighted by atomic mass is 10.1. The first kappa shape index (κ1) is 20.5. The van der Waals surface area contributed by atoms with E-state index in [-0.39, 0.29) is 5.56 Å². The summed E-state index contributed by atoms with van der Waals surface area (Å²) in [6, 6.07) is 9.86. The minimum atomic E-state index is -4.79. The van der Waals surface area contributed by atoms with Gasteiger partial charge >= 0.3 is 6.36 Å². The summed E-state index contributed by atoms with van der Waals surface area (Å²) < 4.78 is 51.0. The lowest BCUT2D eigenvalue weighted by Gasteiger charge is -2.09. The third-order valence-electron chi connectivity index (χ3n) is 3.76. The summed E-state index contributed by atoms with van der Waals surface area (Å²) in [5.41, 5.74) is 1.43. The van der Waals surface area contributed by atoms with E-state index >= 15 is 0 Å². The number of ether oxygens (including phenoxy) is 3. The minimum absolute atomic E-state index is 0.162. The molecular formula is C19H15F3N2O4S. The van der Waals surface area contributed by atoms with Gasteiger partial charge < -0.3 is 14.2 Å². The SMILES string of the molecule is COc1ccc(OC)c(-c2csc(NC(=O)c3ccc(OC(F)(F)F)cc3)n2)c1.